The Bertz CT molecular complexity index is 754. The summed E-state index contributed by atoms with van der Waals surface area (Å²) in [5.74, 6) is -2.68. The molecule has 1 aliphatic rings. The Labute approximate surface area is 156 Å². The van der Waals surface area contributed by atoms with Crippen molar-refractivity contribution in [3.8, 4) is 0 Å². The number of piperazine rings is 1. The number of halogens is 3. The summed E-state index contributed by atoms with van der Waals surface area (Å²) in [7, 11) is 0. The molecule has 0 bridgehead atoms. The normalized spacial score (nSPS) is 15.0. The fourth-order valence-corrected chi connectivity index (χ4v) is 3.19. The van der Waals surface area contributed by atoms with Crippen molar-refractivity contribution in [3.05, 3.63) is 65.5 Å². The highest BCUT2D eigenvalue weighted by Gasteiger charge is 2.18. The van der Waals surface area contributed by atoms with Gasteiger partial charge in [0.25, 0.3) is 5.91 Å². The molecule has 1 amide bonds. The largest absolute Gasteiger partial charge is 0.369 e. The molecule has 1 heterocycles. The van der Waals surface area contributed by atoms with Crippen LogP contribution in [0.15, 0.2) is 42.5 Å². The van der Waals surface area contributed by atoms with E-state index in [4.69, 9.17) is 0 Å². The molecule has 1 fully saturated rings. The quantitative estimate of drug-likeness (QED) is 0.786. The molecule has 3 rings (SSSR count). The highest BCUT2D eigenvalue weighted by atomic mass is 19.1. The lowest BCUT2D eigenvalue weighted by atomic mass is 10.2. The van der Waals surface area contributed by atoms with E-state index in [0.29, 0.717) is 13.0 Å². The van der Waals surface area contributed by atoms with E-state index < -0.39 is 23.1 Å². The fraction of sp³-hybridized carbons (Fsp3) is 0.350. The van der Waals surface area contributed by atoms with Gasteiger partial charge in [-0.05, 0) is 49.4 Å². The molecule has 4 nitrogen and oxygen atoms in total. The summed E-state index contributed by atoms with van der Waals surface area (Å²) in [5, 5.41) is 2.57. The molecule has 0 saturated carbocycles. The number of amides is 1. The van der Waals surface area contributed by atoms with Crippen LogP contribution in [-0.4, -0.2) is 50.1 Å². The van der Waals surface area contributed by atoms with Gasteiger partial charge in [-0.2, -0.15) is 0 Å². The van der Waals surface area contributed by atoms with Gasteiger partial charge in [-0.25, -0.2) is 13.2 Å². The molecule has 0 atom stereocenters. The van der Waals surface area contributed by atoms with Gasteiger partial charge in [-0.3, -0.25) is 9.69 Å². The first-order chi connectivity index (χ1) is 13.0. The maximum absolute atomic E-state index is 13.6. The van der Waals surface area contributed by atoms with E-state index in [2.05, 4.69) is 15.1 Å². The minimum atomic E-state index is -0.857. The van der Waals surface area contributed by atoms with Crippen LogP contribution in [0.5, 0.6) is 0 Å². The lowest BCUT2D eigenvalue weighted by Gasteiger charge is -2.36. The summed E-state index contributed by atoms with van der Waals surface area (Å²) in [6, 6.07) is 9.85. The molecule has 0 aliphatic carbocycles. The Morgan fingerprint density at radius 1 is 0.926 bits per heavy atom. The van der Waals surface area contributed by atoms with Gasteiger partial charge in [0.05, 0.1) is 0 Å². The molecule has 0 radical (unpaired) electrons. The Morgan fingerprint density at radius 2 is 1.56 bits per heavy atom. The third-order valence-electron chi connectivity index (χ3n) is 4.69. The van der Waals surface area contributed by atoms with E-state index in [1.165, 1.54) is 18.2 Å². The third-order valence-corrected chi connectivity index (χ3v) is 4.69. The molecule has 7 heteroatoms. The number of carbonyl (C=O) groups excluding carboxylic acids is 1. The van der Waals surface area contributed by atoms with Crippen LogP contribution in [0.2, 0.25) is 0 Å². The van der Waals surface area contributed by atoms with Crippen LogP contribution in [-0.2, 0) is 0 Å². The molecule has 0 spiro atoms. The number of carbonyl (C=O) groups is 1. The Balaban J connectivity index is 1.38. The van der Waals surface area contributed by atoms with Gasteiger partial charge in [0.1, 0.15) is 23.0 Å². The van der Waals surface area contributed by atoms with E-state index in [1.54, 1.807) is 12.1 Å². The second-order valence-corrected chi connectivity index (χ2v) is 6.51. The lowest BCUT2D eigenvalue weighted by Crippen LogP contribution is -2.47. The maximum Gasteiger partial charge on any atom is 0.257 e. The molecule has 1 N–H and O–H groups in total. The van der Waals surface area contributed by atoms with E-state index in [-0.39, 0.29) is 5.82 Å². The van der Waals surface area contributed by atoms with Crippen LogP contribution in [0.1, 0.15) is 16.8 Å². The monoisotopic (exact) mass is 377 g/mol. The molecule has 2 aromatic carbocycles. The van der Waals surface area contributed by atoms with Gasteiger partial charge in [-0.15, -0.1) is 0 Å². The zero-order valence-corrected chi connectivity index (χ0v) is 14.9. The molecule has 0 aromatic heterocycles. The molecular weight excluding hydrogens is 355 g/mol. The minimum Gasteiger partial charge on any atom is -0.369 e. The Hall–Kier alpha value is -2.54. The molecule has 1 saturated heterocycles. The second kappa shape index (κ2) is 8.90. The van der Waals surface area contributed by atoms with Gasteiger partial charge in [0.2, 0.25) is 0 Å². The summed E-state index contributed by atoms with van der Waals surface area (Å²) in [4.78, 5) is 16.4. The lowest BCUT2D eigenvalue weighted by molar-refractivity contribution is 0.0943. The van der Waals surface area contributed by atoms with Gasteiger partial charge in [0, 0.05) is 38.4 Å². The van der Waals surface area contributed by atoms with Gasteiger partial charge < -0.3 is 10.2 Å². The Morgan fingerprint density at radius 3 is 2.19 bits per heavy atom. The van der Waals surface area contributed by atoms with E-state index in [0.717, 1.165) is 50.5 Å². The van der Waals surface area contributed by atoms with Crippen molar-refractivity contribution >= 4 is 11.6 Å². The average molecular weight is 377 g/mol. The van der Waals surface area contributed by atoms with Crippen LogP contribution in [0, 0.1) is 17.5 Å². The molecule has 2 aromatic rings. The first-order valence-corrected chi connectivity index (χ1v) is 8.99. The molecule has 144 valence electrons. The Kier molecular flexibility index (Phi) is 6.34. The van der Waals surface area contributed by atoms with Crippen molar-refractivity contribution in [2.75, 3.05) is 44.2 Å². The van der Waals surface area contributed by atoms with E-state index in [9.17, 15) is 18.0 Å². The van der Waals surface area contributed by atoms with Crippen molar-refractivity contribution < 1.29 is 18.0 Å². The summed E-state index contributed by atoms with van der Waals surface area (Å²) in [5.41, 5.74) is 0.473. The van der Waals surface area contributed by atoms with Crippen LogP contribution < -0.4 is 10.2 Å². The molecular formula is C20H22F3N3O. The number of nitrogens with zero attached hydrogens (tertiary/aromatic N) is 2. The number of benzene rings is 2. The molecule has 27 heavy (non-hydrogen) atoms. The first-order valence-electron chi connectivity index (χ1n) is 8.99. The predicted molar refractivity (Wildman–Crippen MR) is 98.4 cm³/mol. The summed E-state index contributed by atoms with van der Waals surface area (Å²) >= 11 is 0. The average Bonchev–Trinajstić information content (AvgIpc) is 2.66. The van der Waals surface area contributed by atoms with E-state index in [1.807, 2.05) is 0 Å². The number of hydrogen-bond donors (Lipinski definition) is 1. The predicted octanol–water partition coefficient (Wildman–Crippen LogP) is 3.05. The second-order valence-electron chi connectivity index (χ2n) is 6.51. The topological polar surface area (TPSA) is 35.6 Å². The number of anilines is 1. The van der Waals surface area contributed by atoms with Crippen LogP contribution >= 0.6 is 0 Å². The van der Waals surface area contributed by atoms with Gasteiger partial charge >= 0.3 is 0 Å². The third kappa shape index (κ3) is 5.01. The van der Waals surface area contributed by atoms with Crippen molar-refractivity contribution in [1.82, 2.24) is 10.2 Å². The zero-order chi connectivity index (χ0) is 19.2. The van der Waals surface area contributed by atoms with Crippen LogP contribution in [0.3, 0.4) is 0 Å². The van der Waals surface area contributed by atoms with Crippen LogP contribution in [0.25, 0.3) is 0 Å². The van der Waals surface area contributed by atoms with Crippen LogP contribution in [0.4, 0.5) is 18.9 Å². The molecule has 1 aliphatic heterocycles. The van der Waals surface area contributed by atoms with Crippen molar-refractivity contribution in [2.45, 2.75) is 6.42 Å². The summed E-state index contributed by atoms with van der Waals surface area (Å²) in [6.07, 6.45) is 0.693. The number of rotatable bonds is 6. The number of hydrogen-bond acceptors (Lipinski definition) is 3. The van der Waals surface area contributed by atoms with Crippen molar-refractivity contribution in [2.24, 2.45) is 0 Å². The minimum absolute atomic E-state index is 0.241. The highest BCUT2D eigenvalue weighted by molar-refractivity contribution is 5.94. The zero-order valence-electron chi connectivity index (χ0n) is 14.9. The number of nitrogens with one attached hydrogen (secondary N) is 1. The van der Waals surface area contributed by atoms with Crippen molar-refractivity contribution in [3.63, 3.8) is 0 Å². The van der Waals surface area contributed by atoms with Gasteiger partial charge in [-0.1, -0.05) is 6.07 Å². The SMILES string of the molecule is O=C(NCCCN1CCN(c2ccc(F)cc2)CC1)c1c(F)cccc1F. The smallest absolute Gasteiger partial charge is 0.257 e. The first kappa shape index (κ1) is 19.2. The summed E-state index contributed by atoms with van der Waals surface area (Å²) < 4.78 is 40.1. The van der Waals surface area contributed by atoms with Crippen molar-refractivity contribution in [1.29, 1.82) is 0 Å². The summed E-state index contributed by atoms with van der Waals surface area (Å²) in [6.45, 7) is 4.57. The standard InChI is InChI=1S/C20H22F3N3O/c21-15-5-7-16(8-6-15)26-13-11-25(12-14-26)10-2-9-24-20(27)19-17(22)3-1-4-18(19)23/h1,3-8H,2,9-14H2,(H,24,27). The van der Waals surface area contributed by atoms with E-state index >= 15 is 0 Å². The highest BCUT2D eigenvalue weighted by Crippen LogP contribution is 2.17. The maximum atomic E-state index is 13.6. The molecule has 0 unspecified atom stereocenters. The van der Waals surface area contributed by atoms with Gasteiger partial charge in [0.15, 0.2) is 0 Å². The fourth-order valence-electron chi connectivity index (χ4n) is 3.19.